The number of pyridine rings is 1. The number of likely N-dealkylation sites (tertiary alicyclic amines) is 1. The van der Waals surface area contributed by atoms with Gasteiger partial charge in [-0.15, -0.1) is 0 Å². The number of aromatic nitrogens is 1. The number of carbonyl (C=O) groups is 1. The van der Waals surface area contributed by atoms with E-state index in [9.17, 15) is 4.79 Å². The summed E-state index contributed by atoms with van der Waals surface area (Å²) in [4.78, 5) is 18.5. The molecule has 1 saturated heterocycles. The molecular formula is C15H23N3O. The predicted molar refractivity (Wildman–Crippen MR) is 75.7 cm³/mol. The van der Waals surface area contributed by atoms with Gasteiger partial charge in [0.15, 0.2) is 0 Å². The molecule has 1 fully saturated rings. The number of piperidine rings is 1. The molecule has 0 spiro atoms. The van der Waals surface area contributed by atoms with Gasteiger partial charge in [0.1, 0.15) is 0 Å². The first kappa shape index (κ1) is 14.0. The van der Waals surface area contributed by atoms with E-state index in [-0.39, 0.29) is 11.9 Å². The largest absolute Gasteiger partial charge is 0.341 e. The third-order valence-electron chi connectivity index (χ3n) is 3.60. The maximum absolute atomic E-state index is 12.2. The van der Waals surface area contributed by atoms with Crippen LogP contribution in [-0.2, 0) is 11.3 Å². The second-order valence-corrected chi connectivity index (χ2v) is 5.32. The summed E-state index contributed by atoms with van der Waals surface area (Å²) in [6, 6.07) is 3.91. The summed E-state index contributed by atoms with van der Waals surface area (Å²) in [5, 5.41) is 3.26. The van der Waals surface area contributed by atoms with Crippen LogP contribution in [0.4, 0.5) is 0 Å². The molecule has 0 aliphatic carbocycles. The highest BCUT2D eigenvalue weighted by Crippen LogP contribution is 2.10. The van der Waals surface area contributed by atoms with Crippen molar-refractivity contribution in [1.82, 2.24) is 15.2 Å². The van der Waals surface area contributed by atoms with Gasteiger partial charge in [-0.05, 0) is 44.7 Å². The average Bonchev–Trinajstić information content (AvgIpc) is 2.46. The van der Waals surface area contributed by atoms with Crippen LogP contribution in [0.3, 0.4) is 0 Å². The van der Waals surface area contributed by atoms with Crippen LogP contribution in [0, 0.1) is 6.92 Å². The molecule has 1 aliphatic rings. The van der Waals surface area contributed by atoms with E-state index in [2.05, 4.69) is 10.3 Å². The predicted octanol–water partition coefficient (Wildman–Crippen LogP) is 1.88. The summed E-state index contributed by atoms with van der Waals surface area (Å²) in [7, 11) is 0. The van der Waals surface area contributed by atoms with E-state index in [1.807, 2.05) is 37.1 Å². The summed E-state index contributed by atoms with van der Waals surface area (Å²) in [5.74, 6) is 0.215. The number of amides is 1. The van der Waals surface area contributed by atoms with Crippen molar-refractivity contribution in [2.75, 3.05) is 13.1 Å². The minimum absolute atomic E-state index is 0.138. The Morgan fingerprint density at radius 3 is 2.74 bits per heavy atom. The fourth-order valence-electron chi connectivity index (χ4n) is 2.34. The third kappa shape index (κ3) is 4.03. The lowest BCUT2D eigenvalue weighted by Crippen LogP contribution is -2.46. The Labute approximate surface area is 115 Å². The first-order valence-corrected chi connectivity index (χ1v) is 7.10. The molecule has 0 bridgehead atoms. The Balaban J connectivity index is 1.81. The first-order valence-electron chi connectivity index (χ1n) is 7.10. The fourth-order valence-corrected chi connectivity index (χ4v) is 2.34. The molecule has 1 atom stereocenters. The van der Waals surface area contributed by atoms with Crippen molar-refractivity contribution in [1.29, 1.82) is 0 Å². The van der Waals surface area contributed by atoms with Crippen LogP contribution in [0.1, 0.15) is 37.4 Å². The zero-order valence-corrected chi connectivity index (χ0v) is 11.9. The SMILES string of the molecule is Cc1ccc(CNC(C)C(=O)N2CCCCC2)nc1. The molecule has 1 N–H and O–H groups in total. The van der Waals surface area contributed by atoms with Crippen molar-refractivity contribution in [2.45, 2.75) is 45.7 Å². The maximum Gasteiger partial charge on any atom is 0.239 e. The monoisotopic (exact) mass is 261 g/mol. The van der Waals surface area contributed by atoms with Crippen molar-refractivity contribution in [2.24, 2.45) is 0 Å². The average molecular weight is 261 g/mol. The van der Waals surface area contributed by atoms with Gasteiger partial charge in [0.05, 0.1) is 11.7 Å². The molecule has 1 unspecified atom stereocenters. The Morgan fingerprint density at radius 1 is 1.37 bits per heavy atom. The quantitative estimate of drug-likeness (QED) is 0.900. The lowest BCUT2D eigenvalue weighted by Gasteiger charge is -2.29. The standard InChI is InChI=1S/C15H23N3O/c1-12-6-7-14(17-10-12)11-16-13(2)15(19)18-8-4-3-5-9-18/h6-7,10,13,16H,3-5,8-9,11H2,1-2H3. The molecule has 1 aromatic heterocycles. The third-order valence-corrected chi connectivity index (χ3v) is 3.60. The lowest BCUT2D eigenvalue weighted by molar-refractivity contribution is -0.133. The van der Waals surface area contributed by atoms with Gasteiger partial charge in [-0.25, -0.2) is 0 Å². The Kier molecular flexibility index (Phi) is 4.91. The Hall–Kier alpha value is -1.42. The van der Waals surface area contributed by atoms with Gasteiger partial charge in [-0.3, -0.25) is 9.78 Å². The molecule has 104 valence electrons. The summed E-state index contributed by atoms with van der Waals surface area (Å²) in [6.07, 6.45) is 5.38. The summed E-state index contributed by atoms with van der Waals surface area (Å²) in [5.41, 5.74) is 2.13. The molecule has 0 aromatic carbocycles. The van der Waals surface area contributed by atoms with Gasteiger partial charge in [0.2, 0.25) is 5.91 Å². The molecule has 4 heteroatoms. The molecule has 1 amide bonds. The number of aryl methyl sites for hydroxylation is 1. The number of carbonyl (C=O) groups excluding carboxylic acids is 1. The van der Waals surface area contributed by atoms with Crippen molar-refractivity contribution in [3.05, 3.63) is 29.6 Å². The van der Waals surface area contributed by atoms with E-state index in [1.54, 1.807) is 0 Å². The number of hydrogen-bond donors (Lipinski definition) is 1. The molecule has 1 aliphatic heterocycles. The molecule has 2 heterocycles. The minimum atomic E-state index is -0.138. The molecule has 2 rings (SSSR count). The van der Waals surface area contributed by atoms with Crippen molar-refractivity contribution in [3.8, 4) is 0 Å². The molecule has 4 nitrogen and oxygen atoms in total. The highest BCUT2D eigenvalue weighted by molar-refractivity contribution is 5.81. The van der Waals surface area contributed by atoms with E-state index in [0.29, 0.717) is 6.54 Å². The van der Waals surface area contributed by atoms with Gasteiger partial charge in [-0.1, -0.05) is 6.07 Å². The van der Waals surface area contributed by atoms with E-state index >= 15 is 0 Å². The lowest BCUT2D eigenvalue weighted by atomic mass is 10.1. The highest BCUT2D eigenvalue weighted by Gasteiger charge is 2.21. The fraction of sp³-hybridized carbons (Fsp3) is 0.600. The van der Waals surface area contributed by atoms with E-state index in [0.717, 1.165) is 37.2 Å². The number of nitrogens with zero attached hydrogens (tertiary/aromatic N) is 2. The van der Waals surface area contributed by atoms with E-state index in [1.165, 1.54) is 6.42 Å². The Bertz CT molecular complexity index is 410. The summed E-state index contributed by atoms with van der Waals surface area (Å²) >= 11 is 0. The van der Waals surface area contributed by atoms with Crippen LogP contribution < -0.4 is 5.32 Å². The van der Waals surface area contributed by atoms with Gasteiger partial charge < -0.3 is 10.2 Å². The van der Waals surface area contributed by atoms with Crippen molar-refractivity contribution < 1.29 is 4.79 Å². The zero-order chi connectivity index (χ0) is 13.7. The van der Waals surface area contributed by atoms with Crippen LogP contribution in [0.2, 0.25) is 0 Å². The van der Waals surface area contributed by atoms with Gasteiger partial charge >= 0.3 is 0 Å². The first-order chi connectivity index (χ1) is 9.16. The second kappa shape index (κ2) is 6.66. The van der Waals surface area contributed by atoms with E-state index in [4.69, 9.17) is 0 Å². The zero-order valence-electron chi connectivity index (χ0n) is 11.9. The van der Waals surface area contributed by atoms with Gasteiger partial charge in [0, 0.05) is 25.8 Å². The van der Waals surface area contributed by atoms with Crippen molar-refractivity contribution >= 4 is 5.91 Å². The van der Waals surface area contributed by atoms with Crippen LogP contribution in [0.25, 0.3) is 0 Å². The number of hydrogen-bond acceptors (Lipinski definition) is 3. The topological polar surface area (TPSA) is 45.2 Å². The number of nitrogens with one attached hydrogen (secondary N) is 1. The molecule has 19 heavy (non-hydrogen) atoms. The minimum Gasteiger partial charge on any atom is -0.341 e. The van der Waals surface area contributed by atoms with Gasteiger partial charge in [0.25, 0.3) is 0 Å². The van der Waals surface area contributed by atoms with Gasteiger partial charge in [-0.2, -0.15) is 0 Å². The van der Waals surface area contributed by atoms with E-state index < -0.39 is 0 Å². The van der Waals surface area contributed by atoms with Crippen LogP contribution in [0.5, 0.6) is 0 Å². The normalized spacial score (nSPS) is 17.3. The van der Waals surface area contributed by atoms with Crippen LogP contribution >= 0.6 is 0 Å². The molecule has 1 aromatic rings. The number of rotatable bonds is 4. The highest BCUT2D eigenvalue weighted by atomic mass is 16.2. The van der Waals surface area contributed by atoms with Crippen LogP contribution in [0.15, 0.2) is 18.3 Å². The summed E-state index contributed by atoms with van der Waals surface area (Å²) in [6.45, 7) is 6.42. The maximum atomic E-state index is 12.2. The second-order valence-electron chi connectivity index (χ2n) is 5.32. The smallest absolute Gasteiger partial charge is 0.239 e. The Morgan fingerprint density at radius 2 is 2.11 bits per heavy atom. The molecule has 0 saturated carbocycles. The molecular weight excluding hydrogens is 238 g/mol. The van der Waals surface area contributed by atoms with Crippen LogP contribution in [-0.4, -0.2) is 34.9 Å². The summed E-state index contributed by atoms with van der Waals surface area (Å²) < 4.78 is 0. The van der Waals surface area contributed by atoms with Crippen molar-refractivity contribution in [3.63, 3.8) is 0 Å². The molecule has 0 radical (unpaired) electrons.